The Balaban J connectivity index is 2.08. The van der Waals surface area contributed by atoms with Gasteiger partial charge in [0.2, 0.25) is 21.1 Å². The number of carbonyl (C=O) groups excluding carboxylic acids is 1. The number of rotatable bonds is 8. The van der Waals surface area contributed by atoms with Crippen molar-refractivity contribution in [2.75, 3.05) is 28.2 Å². The lowest BCUT2D eigenvalue weighted by Gasteiger charge is -2.23. The highest BCUT2D eigenvalue weighted by atomic mass is 32.2. The van der Waals surface area contributed by atoms with Crippen LogP contribution in [0.25, 0.3) is 0 Å². The highest BCUT2D eigenvalue weighted by Gasteiger charge is 2.22. The molecule has 1 aromatic heterocycles. The molecule has 0 aliphatic carbocycles. The summed E-state index contributed by atoms with van der Waals surface area (Å²) in [6, 6.07) is 7.03. The number of anilines is 2. The summed E-state index contributed by atoms with van der Waals surface area (Å²) in [6.45, 7) is 5.70. The van der Waals surface area contributed by atoms with Crippen molar-refractivity contribution in [3.8, 4) is 0 Å². The van der Waals surface area contributed by atoms with E-state index in [1.807, 2.05) is 6.07 Å². The number of amides is 1. The van der Waals surface area contributed by atoms with E-state index >= 15 is 0 Å². The maximum atomic E-state index is 12.3. The van der Waals surface area contributed by atoms with Crippen LogP contribution in [-0.4, -0.2) is 43.1 Å². The van der Waals surface area contributed by atoms with E-state index in [2.05, 4.69) is 29.4 Å². The highest BCUT2D eigenvalue weighted by Crippen LogP contribution is 2.27. The molecule has 2 rings (SSSR count). The fourth-order valence-electron chi connectivity index (χ4n) is 2.07. The van der Waals surface area contributed by atoms with E-state index in [9.17, 15) is 13.2 Å². The number of nitrogens with one attached hydrogen (secondary N) is 1. The minimum atomic E-state index is -3.61. The summed E-state index contributed by atoms with van der Waals surface area (Å²) in [6.07, 6.45) is 1.08. The Hall–Kier alpha value is -1.65. The Kier molecular flexibility index (Phi) is 7.01. The van der Waals surface area contributed by atoms with E-state index < -0.39 is 15.9 Å². The fraction of sp³-hybridized carbons (Fsp3) is 0.438. The summed E-state index contributed by atoms with van der Waals surface area (Å²) < 4.78 is 26.1. The van der Waals surface area contributed by atoms with Crippen LogP contribution in [-0.2, 0) is 14.8 Å². The zero-order valence-corrected chi connectivity index (χ0v) is 17.5. The van der Waals surface area contributed by atoms with Crippen LogP contribution >= 0.6 is 23.1 Å². The van der Waals surface area contributed by atoms with Crippen LogP contribution < -0.4 is 9.62 Å². The normalized spacial score (nSPS) is 11.6. The van der Waals surface area contributed by atoms with E-state index in [0.29, 0.717) is 16.7 Å². The molecule has 0 aliphatic heterocycles. The molecule has 0 bridgehead atoms. The fourth-order valence-corrected chi connectivity index (χ4v) is 4.73. The van der Waals surface area contributed by atoms with E-state index in [1.54, 1.807) is 36.9 Å². The van der Waals surface area contributed by atoms with Crippen LogP contribution in [0.3, 0.4) is 0 Å². The average Bonchev–Trinajstić information content (AvgIpc) is 2.98. The van der Waals surface area contributed by atoms with Crippen LogP contribution in [0.4, 0.5) is 10.8 Å². The van der Waals surface area contributed by atoms with Gasteiger partial charge in [0.15, 0.2) is 4.34 Å². The van der Waals surface area contributed by atoms with E-state index in [1.165, 1.54) is 11.3 Å². The number of carbonyl (C=O) groups is 1. The van der Waals surface area contributed by atoms with Crippen molar-refractivity contribution in [1.29, 1.82) is 0 Å². The van der Waals surface area contributed by atoms with Crippen molar-refractivity contribution in [2.24, 2.45) is 5.92 Å². The van der Waals surface area contributed by atoms with Gasteiger partial charge in [-0.25, -0.2) is 8.42 Å². The number of benzene rings is 1. The molecule has 7 nitrogen and oxygen atoms in total. The van der Waals surface area contributed by atoms with Crippen LogP contribution in [0.5, 0.6) is 0 Å². The summed E-state index contributed by atoms with van der Waals surface area (Å²) in [4.78, 5) is 12.3. The van der Waals surface area contributed by atoms with E-state index in [-0.39, 0.29) is 6.54 Å². The van der Waals surface area contributed by atoms with E-state index in [4.69, 9.17) is 0 Å². The van der Waals surface area contributed by atoms with Gasteiger partial charge in [0.1, 0.15) is 6.54 Å². The molecule has 0 saturated heterocycles. The summed E-state index contributed by atoms with van der Waals surface area (Å²) in [5.74, 6) is 0.979. The Labute approximate surface area is 162 Å². The SMILES string of the molecule is Cc1ccccc1N(CC(=O)Nc1nnc(SCC(C)C)s1)S(C)(=O)=O. The lowest BCUT2D eigenvalue weighted by molar-refractivity contribution is -0.114. The largest absolute Gasteiger partial charge is 0.299 e. The molecule has 0 aliphatic rings. The third-order valence-electron chi connectivity index (χ3n) is 3.26. The first kappa shape index (κ1) is 20.7. The Morgan fingerprint density at radius 1 is 1.31 bits per heavy atom. The predicted octanol–water partition coefficient (Wildman–Crippen LogP) is 3.00. The maximum Gasteiger partial charge on any atom is 0.246 e. The number of sulfonamides is 1. The molecule has 1 aromatic carbocycles. The second-order valence-electron chi connectivity index (χ2n) is 6.18. The van der Waals surface area contributed by atoms with Gasteiger partial charge < -0.3 is 0 Å². The third kappa shape index (κ3) is 5.96. The number of thioether (sulfide) groups is 1. The zero-order valence-electron chi connectivity index (χ0n) is 15.1. The van der Waals surface area contributed by atoms with Gasteiger partial charge in [-0.2, -0.15) is 0 Å². The molecule has 1 amide bonds. The van der Waals surface area contributed by atoms with Gasteiger partial charge in [0.05, 0.1) is 11.9 Å². The smallest absolute Gasteiger partial charge is 0.246 e. The standard InChI is InChI=1S/C16H22N4O3S3/c1-11(2)10-24-16-19-18-15(25-16)17-14(21)9-20(26(4,22)23)13-8-6-5-7-12(13)3/h5-8,11H,9-10H2,1-4H3,(H,17,18,21). The van der Waals surface area contributed by atoms with Crippen molar-refractivity contribution >= 4 is 49.8 Å². The minimum Gasteiger partial charge on any atom is -0.299 e. The van der Waals surface area contributed by atoms with Gasteiger partial charge in [-0.1, -0.05) is 55.1 Å². The minimum absolute atomic E-state index is 0.322. The number of nitrogens with zero attached hydrogens (tertiary/aromatic N) is 3. The van der Waals surface area contributed by atoms with Gasteiger partial charge in [0.25, 0.3) is 0 Å². The van der Waals surface area contributed by atoms with Gasteiger partial charge >= 0.3 is 0 Å². The van der Waals surface area contributed by atoms with E-state index in [0.717, 1.165) is 26.2 Å². The maximum absolute atomic E-state index is 12.3. The van der Waals surface area contributed by atoms with Crippen molar-refractivity contribution in [3.05, 3.63) is 29.8 Å². The van der Waals surface area contributed by atoms with Gasteiger partial charge in [-0.15, -0.1) is 10.2 Å². The average molecular weight is 415 g/mol. The second kappa shape index (κ2) is 8.83. The second-order valence-corrected chi connectivity index (χ2v) is 10.3. The summed E-state index contributed by atoms with van der Waals surface area (Å²) >= 11 is 2.86. The monoisotopic (exact) mass is 414 g/mol. The zero-order chi connectivity index (χ0) is 19.3. The first-order valence-electron chi connectivity index (χ1n) is 7.96. The number of hydrogen-bond acceptors (Lipinski definition) is 7. The van der Waals surface area contributed by atoms with Crippen molar-refractivity contribution < 1.29 is 13.2 Å². The molecule has 26 heavy (non-hydrogen) atoms. The first-order chi connectivity index (χ1) is 12.2. The molecule has 2 aromatic rings. The predicted molar refractivity (Wildman–Crippen MR) is 107 cm³/mol. The molecule has 0 radical (unpaired) electrons. The lowest BCUT2D eigenvalue weighted by Crippen LogP contribution is -2.37. The highest BCUT2D eigenvalue weighted by molar-refractivity contribution is 8.01. The van der Waals surface area contributed by atoms with Crippen molar-refractivity contribution in [1.82, 2.24) is 10.2 Å². The number of aryl methyl sites for hydroxylation is 1. The summed E-state index contributed by atoms with van der Waals surface area (Å²) in [7, 11) is -3.61. The molecule has 10 heteroatoms. The molecule has 142 valence electrons. The molecular weight excluding hydrogens is 392 g/mol. The molecule has 0 saturated carbocycles. The van der Waals surface area contributed by atoms with Crippen molar-refractivity contribution in [2.45, 2.75) is 25.1 Å². The number of aromatic nitrogens is 2. The molecule has 0 fully saturated rings. The van der Waals surface area contributed by atoms with Crippen LogP contribution in [0.1, 0.15) is 19.4 Å². The molecule has 0 unspecified atom stereocenters. The molecular formula is C16H22N4O3S3. The lowest BCUT2D eigenvalue weighted by atomic mass is 10.2. The number of para-hydroxylation sites is 1. The topological polar surface area (TPSA) is 92.3 Å². The van der Waals surface area contributed by atoms with Gasteiger partial charge in [-0.05, 0) is 24.5 Å². The Morgan fingerprint density at radius 2 is 2.00 bits per heavy atom. The van der Waals surface area contributed by atoms with Crippen LogP contribution in [0.15, 0.2) is 28.6 Å². The first-order valence-corrected chi connectivity index (χ1v) is 11.6. The number of hydrogen-bond donors (Lipinski definition) is 1. The summed E-state index contributed by atoms with van der Waals surface area (Å²) in [5.41, 5.74) is 1.25. The van der Waals surface area contributed by atoms with Crippen LogP contribution in [0.2, 0.25) is 0 Å². The Morgan fingerprint density at radius 3 is 2.62 bits per heavy atom. The third-order valence-corrected chi connectivity index (χ3v) is 6.79. The quantitative estimate of drug-likeness (QED) is 0.527. The van der Waals surface area contributed by atoms with Crippen molar-refractivity contribution in [3.63, 3.8) is 0 Å². The van der Waals surface area contributed by atoms with Gasteiger partial charge in [-0.3, -0.25) is 14.4 Å². The Bertz CT molecular complexity index is 865. The van der Waals surface area contributed by atoms with Gasteiger partial charge in [0, 0.05) is 5.75 Å². The van der Waals surface area contributed by atoms with Crippen LogP contribution in [0, 0.1) is 12.8 Å². The molecule has 0 spiro atoms. The molecule has 0 atom stereocenters. The molecule has 1 N–H and O–H groups in total. The molecule has 1 heterocycles. The summed E-state index contributed by atoms with van der Waals surface area (Å²) in [5, 5.41) is 11.0.